The molecule has 0 bridgehead atoms. The molecule has 1 heterocycles. The normalized spacial score (nSPS) is 17.3. The van der Waals surface area contributed by atoms with Crippen LogP contribution in [0.4, 0.5) is 0 Å². The van der Waals surface area contributed by atoms with Gasteiger partial charge in [-0.05, 0) is 60.9 Å². The molecule has 2 aromatic carbocycles. The van der Waals surface area contributed by atoms with Crippen molar-refractivity contribution in [1.82, 2.24) is 0 Å². The van der Waals surface area contributed by atoms with Crippen LogP contribution in [-0.2, 0) is 0 Å². The Morgan fingerprint density at radius 2 is 1.86 bits per heavy atom. The summed E-state index contributed by atoms with van der Waals surface area (Å²) in [6.07, 6.45) is 0.0109. The van der Waals surface area contributed by atoms with Gasteiger partial charge >= 0.3 is 0 Å². The lowest BCUT2D eigenvalue weighted by atomic mass is 9.94. The minimum atomic E-state index is -0.302. The van der Waals surface area contributed by atoms with Crippen LogP contribution in [0.3, 0.4) is 0 Å². The van der Waals surface area contributed by atoms with E-state index < -0.39 is 0 Å². The molecule has 108 valence electrons. The summed E-state index contributed by atoms with van der Waals surface area (Å²) in [6.45, 7) is 3.70. The number of carbonyl (C=O) groups excluding carboxylic acids is 1. The van der Waals surface area contributed by atoms with Gasteiger partial charge in [0.05, 0.1) is 12.0 Å². The van der Waals surface area contributed by atoms with Gasteiger partial charge in [-0.3, -0.25) is 4.79 Å². The number of phenols is 1. The summed E-state index contributed by atoms with van der Waals surface area (Å²) in [5.74, 6) is 0.985. The standard InChI is InChI=1S/C17H15BrO3/c1-9-5-11(6-10(2)17(9)20)16-8-14(19)13-7-12(18)3-4-15(13)21-16/h3-7,16,20H,8H2,1-2H3. The molecule has 0 aliphatic carbocycles. The highest BCUT2D eigenvalue weighted by atomic mass is 79.9. The number of phenolic OH excluding ortho intramolecular Hbond substituents is 1. The third kappa shape index (κ3) is 2.56. The number of hydrogen-bond donors (Lipinski definition) is 1. The average molecular weight is 347 g/mol. The third-order valence-electron chi connectivity index (χ3n) is 3.77. The lowest BCUT2D eigenvalue weighted by molar-refractivity contribution is 0.0850. The molecule has 4 heteroatoms. The Bertz CT molecular complexity index is 714. The number of fused-ring (bicyclic) bond motifs is 1. The van der Waals surface area contributed by atoms with Gasteiger partial charge in [-0.2, -0.15) is 0 Å². The fourth-order valence-corrected chi connectivity index (χ4v) is 3.02. The fraction of sp³-hybridized carbons (Fsp3) is 0.235. The van der Waals surface area contributed by atoms with E-state index in [1.807, 2.05) is 38.1 Å². The Morgan fingerprint density at radius 3 is 2.52 bits per heavy atom. The van der Waals surface area contributed by atoms with Crippen molar-refractivity contribution in [3.63, 3.8) is 0 Å². The quantitative estimate of drug-likeness (QED) is 0.827. The van der Waals surface area contributed by atoms with E-state index in [0.29, 0.717) is 23.5 Å². The maximum absolute atomic E-state index is 12.3. The molecule has 0 saturated carbocycles. The van der Waals surface area contributed by atoms with Crippen LogP contribution >= 0.6 is 15.9 Å². The van der Waals surface area contributed by atoms with Crippen LogP contribution in [0.2, 0.25) is 0 Å². The molecule has 2 aromatic rings. The van der Waals surface area contributed by atoms with Gasteiger partial charge in [0.15, 0.2) is 5.78 Å². The van der Waals surface area contributed by atoms with E-state index in [9.17, 15) is 9.90 Å². The number of hydrogen-bond acceptors (Lipinski definition) is 3. The number of ether oxygens (including phenoxy) is 1. The Hall–Kier alpha value is -1.81. The Balaban J connectivity index is 2.00. The topological polar surface area (TPSA) is 46.5 Å². The van der Waals surface area contributed by atoms with Crippen LogP contribution in [0.1, 0.15) is 39.6 Å². The highest BCUT2D eigenvalue weighted by Gasteiger charge is 2.28. The van der Waals surface area contributed by atoms with Crippen molar-refractivity contribution in [3.05, 3.63) is 57.1 Å². The molecule has 0 amide bonds. The molecule has 3 nitrogen and oxygen atoms in total. The molecular formula is C17H15BrO3. The first kappa shape index (κ1) is 14.1. The van der Waals surface area contributed by atoms with Crippen molar-refractivity contribution in [3.8, 4) is 11.5 Å². The molecule has 1 aliphatic rings. The largest absolute Gasteiger partial charge is 0.507 e. The predicted octanol–water partition coefficient (Wildman–Crippen LogP) is 4.48. The zero-order valence-electron chi connectivity index (χ0n) is 11.8. The van der Waals surface area contributed by atoms with Gasteiger partial charge in [0.2, 0.25) is 0 Å². The number of ketones is 1. The zero-order chi connectivity index (χ0) is 15.1. The van der Waals surface area contributed by atoms with E-state index in [-0.39, 0.29) is 11.9 Å². The molecule has 21 heavy (non-hydrogen) atoms. The maximum Gasteiger partial charge on any atom is 0.170 e. The van der Waals surface area contributed by atoms with Gasteiger partial charge in [-0.15, -0.1) is 0 Å². The van der Waals surface area contributed by atoms with Crippen molar-refractivity contribution in [1.29, 1.82) is 0 Å². The molecule has 1 aliphatic heterocycles. The van der Waals surface area contributed by atoms with Crippen molar-refractivity contribution in [2.24, 2.45) is 0 Å². The van der Waals surface area contributed by atoms with Crippen molar-refractivity contribution in [2.75, 3.05) is 0 Å². The Morgan fingerprint density at radius 1 is 1.19 bits per heavy atom. The van der Waals surface area contributed by atoms with Crippen LogP contribution < -0.4 is 4.74 Å². The first-order chi connectivity index (χ1) is 9.95. The molecule has 3 rings (SSSR count). The van der Waals surface area contributed by atoms with Crippen LogP contribution in [0.25, 0.3) is 0 Å². The monoisotopic (exact) mass is 346 g/mol. The number of Topliss-reactive ketones (excluding diaryl/α,β-unsaturated/α-hetero) is 1. The van der Waals surface area contributed by atoms with E-state index in [2.05, 4.69) is 15.9 Å². The Kier molecular flexibility index (Phi) is 3.49. The van der Waals surface area contributed by atoms with Gasteiger partial charge in [-0.1, -0.05) is 15.9 Å². The number of benzene rings is 2. The summed E-state index contributed by atoms with van der Waals surface area (Å²) in [6, 6.07) is 9.22. The highest BCUT2D eigenvalue weighted by molar-refractivity contribution is 9.10. The predicted molar refractivity (Wildman–Crippen MR) is 84.0 cm³/mol. The summed E-state index contributed by atoms with van der Waals surface area (Å²) in [4.78, 5) is 12.3. The number of carbonyl (C=O) groups is 1. The first-order valence-corrected chi connectivity index (χ1v) is 7.54. The SMILES string of the molecule is Cc1cc(C2CC(=O)c3cc(Br)ccc3O2)cc(C)c1O. The summed E-state index contributed by atoms with van der Waals surface area (Å²) in [5.41, 5.74) is 3.13. The average Bonchev–Trinajstić information content (AvgIpc) is 2.44. The Labute approximate surface area is 131 Å². The molecule has 0 aromatic heterocycles. The van der Waals surface area contributed by atoms with Gasteiger partial charge in [0.25, 0.3) is 0 Å². The molecule has 0 saturated heterocycles. The van der Waals surface area contributed by atoms with E-state index in [4.69, 9.17) is 4.74 Å². The number of aryl methyl sites for hydroxylation is 2. The van der Waals surface area contributed by atoms with E-state index >= 15 is 0 Å². The fourth-order valence-electron chi connectivity index (χ4n) is 2.66. The van der Waals surface area contributed by atoms with Crippen molar-refractivity contribution >= 4 is 21.7 Å². The third-order valence-corrected chi connectivity index (χ3v) is 4.26. The second-order valence-corrected chi connectivity index (χ2v) is 6.29. The molecule has 1 atom stereocenters. The summed E-state index contributed by atoms with van der Waals surface area (Å²) >= 11 is 3.37. The van der Waals surface area contributed by atoms with Crippen molar-refractivity contribution in [2.45, 2.75) is 26.4 Å². The number of halogens is 1. The number of rotatable bonds is 1. The zero-order valence-corrected chi connectivity index (χ0v) is 13.4. The molecule has 1 unspecified atom stereocenters. The highest BCUT2D eigenvalue weighted by Crippen LogP contribution is 2.37. The molecule has 0 fully saturated rings. The molecule has 0 spiro atoms. The molecule has 0 radical (unpaired) electrons. The van der Waals surface area contributed by atoms with Gasteiger partial charge < -0.3 is 9.84 Å². The first-order valence-electron chi connectivity index (χ1n) is 6.75. The van der Waals surface area contributed by atoms with E-state index in [1.165, 1.54) is 0 Å². The van der Waals surface area contributed by atoms with E-state index in [0.717, 1.165) is 21.2 Å². The molecule has 1 N–H and O–H groups in total. The minimum Gasteiger partial charge on any atom is -0.507 e. The van der Waals surface area contributed by atoms with Crippen LogP contribution in [0.15, 0.2) is 34.8 Å². The second-order valence-electron chi connectivity index (χ2n) is 5.38. The summed E-state index contributed by atoms with van der Waals surface area (Å²) < 4.78 is 6.84. The van der Waals surface area contributed by atoms with Gasteiger partial charge in [0.1, 0.15) is 17.6 Å². The van der Waals surface area contributed by atoms with Crippen LogP contribution in [0, 0.1) is 13.8 Å². The molecular weight excluding hydrogens is 332 g/mol. The summed E-state index contributed by atoms with van der Waals surface area (Å²) in [7, 11) is 0. The van der Waals surface area contributed by atoms with Crippen LogP contribution in [-0.4, -0.2) is 10.9 Å². The van der Waals surface area contributed by atoms with Gasteiger partial charge in [0, 0.05) is 4.47 Å². The lowest BCUT2D eigenvalue weighted by Gasteiger charge is -2.26. The summed E-state index contributed by atoms with van der Waals surface area (Å²) in [5, 5.41) is 9.86. The van der Waals surface area contributed by atoms with Crippen LogP contribution in [0.5, 0.6) is 11.5 Å². The maximum atomic E-state index is 12.3. The van der Waals surface area contributed by atoms with Gasteiger partial charge in [-0.25, -0.2) is 0 Å². The van der Waals surface area contributed by atoms with Crippen molar-refractivity contribution < 1.29 is 14.6 Å². The van der Waals surface area contributed by atoms with E-state index in [1.54, 1.807) is 6.07 Å². The minimum absolute atomic E-state index is 0.0749. The lowest BCUT2D eigenvalue weighted by Crippen LogP contribution is -2.20. The number of aromatic hydroxyl groups is 1. The smallest absolute Gasteiger partial charge is 0.170 e. The second kappa shape index (κ2) is 5.19.